The van der Waals surface area contributed by atoms with Crippen LogP contribution in [-0.2, 0) is 19.4 Å². The predicted molar refractivity (Wildman–Crippen MR) is 65.3 cm³/mol. The molecule has 1 aromatic rings. The molecule has 0 atom stereocenters. The van der Waals surface area contributed by atoms with Crippen LogP contribution in [0.25, 0.3) is 0 Å². The number of thiazole rings is 1. The Labute approximate surface area is 101 Å². The molecule has 1 saturated heterocycles. The first-order valence-electron chi connectivity index (χ1n) is 5.90. The van der Waals surface area contributed by atoms with Gasteiger partial charge >= 0.3 is 0 Å². The number of nitriles is 1. The zero-order chi connectivity index (χ0) is 11.4. The summed E-state index contributed by atoms with van der Waals surface area (Å²) < 4.78 is 0. The zero-order valence-electron chi connectivity index (χ0n) is 9.70. The van der Waals surface area contributed by atoms with E-state index >= 15 is 0 Å². The van der Waals surface area contributed by atoms with E-state index in [0.29, 0.717) is 6.42 Å². The summed E-state index contributed by atoms with van der Waals surface area (Å²) in [6.45, 7) is 5.49. The molecule has 0 amide bonds. The minimum absolute atomic E-state index is 0.515. The van der Waals surface area contributed by atoms with E-state index in [1.54, 1.807) is 11.3 Å². The van der Waals surface area contributed by atoms with E-state index in [1.165, 1.54) is 35.8 Å². The van der Waals surface area contributed by atoms with Gasteiger partial charge in [0.25, 0.3) is 0 Å². The summed E-state index contributed by atoms with van der Waals surface area (Å²) in [5.74, 6) is 0. The van der Waals surface area contributed by atoms with Crippen molar-refractivity contribution in [2.24, 2.45) is 0 Å². The van der Waals surface area contributed by atoms with E-state index in [0.717, 1.165) is 18.7 Å². The van der Waals surface area contributed by atoms with Crippen molar-refractivity contribution >= 4 is 11.3 Å². The Balaban J connectivity index is 2.06. The van der Waals surface area contributed by atoms with Crippen LogP contribution in [-0.4, -0.2) is 23.0 Å². The van der Waals surface area contributed by atoms with Crippen LogP contribution in [0.2, 0.25) is 0 Å². The Kier molecular flexibility index (Phi) is 3.92. The average molecular weight is 235 g/mol. The fourth-order valence-electron chi connectivity index (χ4n) is 2.12. The van der Waals surface area contributed by atoms with Crippen LogP contribution in [0.15, 0.2) is 0 Å². The van der Waals surface area contributed by atoms with Crippen LogP contribution in [0.1, 0.15) is 35.3 Å². The molecule has 0 saturated carbocycles. The first-order chi connectivity index (χ1) is 7.83. The maximum atomic E-state index is 8.75. The van der Waals surface area contributed by atoms with E-state index in [2.05, 4.69) is 22.9 Å². The average Bonchev–Trinajstić information content (AvgIpc) is 2.89. The number of rotatable bonds is 4. The van der Waals surface area contributed by atoms with E-state index in [4.69, 9.17) is 5.26 Å². The molecule has 1 aromatic heterocycles. The van der Waals surface area contributed by atoms with Crippen LogP contribution >= 0.6 is 11.3 Å². The minimum atomic E-state index is 0.515. The standard InChI is InChI=1S/C12H17N3S/c1-2-10-11(5-6-13)16-12(14-10)9-15-7-3-4-8-15/h2-5,7-9H2,1H3. The number of likely N-dealkylation sites (tertiary alicyclic amines) is 1. The SMILES string of the molecule is CCc1nc(CN2CCCC2)sc1CC#N. The highest BCUT2D eigenvalue weighted by atomic mass is 32.1. The van der Waals surface area contributed by atoms with Gasteiger partial charge in [-0.05, 0) is 32.4 Å². The number of hydrogen-bond acceptors (Lipinski definition) is 4. The molecule has 0 aliphatic carbocycles. The normalized spacial score (nSPS) is 16.5. The van der Waals surface area contributed by atoms with Crippen LogP contribution in [0, 0.1) is 11.3 Å². The second kappa shape index (κ2) is 5.42. The first-order valence-corrected chi connectivity index (χ1v) is 6.72. The third-order valence-corrected chi connectivity index (χ3v) is 4.04. The van der Waals surface area contributed by atoms with Crippen molar-refractivity contribution in [3.8, 4) is 6.07 Å². The fourth-order valence-corrected chi connectivity index (χ4v) is 3.25. The molecule has 0 bridgehead atoms. The zero-order valence-corrected chi connectivity index (χ0v) is 10.5. The van der Waals surface area contributed by atoms with Crippen molar-refractivity contribution in [1.29, 1.82) is 5.26 Å². The molecule has 1 aliphatic heterocycles. The Hall–Kier alpha value is -0.920. The second-order valence-corrected chi connectivity index (χ2v) is 5.32. The molecule has 2 rings (SSSR count). The number of nitrogens with zero attached hydrogens (tertiary/aromatic N) is 3. The van der Waals surface area contributed by atoms with Gasteiger partial charge in [-0.15, -0.1) is 11.3 Å². The maximum Gasteiger partial charge on any atom is 0.107 e. The number of aryl methyl sites for hydroxylation is 1. The van der Waals surface area contributed by atoms with Gasteiger partial charge in [0.15, 0.2) is 0 Å². The van der Waals surface area contributed by atoms with Crippen molar-refractivity contribution in [2.45, 2.75) is 39.2 Å². The summed E-state index contributed by atoms with van der Waals surface area (Å²) in [5.41, 5.74) is 1.13. The molecule has 0 spiro atoms. The minimum Gasteiger partial charge on any atom is -0.297 e. The summed E-state index contributed by atoms with van der Waals surface area (Å²) in [6, 6.07) is 2.22. The summed E-state index contributed by atoms with van der Waals surface area (Å²) >= 11 is 1.72. The Bertz CT molecular complexity index is 385. The topological polar surface area (TPSA) is 39.9 Å². The third kappa shape index (κ3) is 2.60. The highest BCUT2D eigenvalue weighted by Gasteiger charge is 2.15. The molecule has 0 radical (unpaired) electrons. The van der Waals surface area contributed by atoms with Gasteiger partial charge < -0.3 is 0 Å². The number of aromatic nitrogens is 1. The Morgan fingerprint density at radius 3 is 2.81 bits per heavy atom. The Morgan fingerprint density at radius 1 is 1.44 bits per heavy atom. The molecule has 1 fully saturated rings. The summed E-state index contributed by atoms with van der Waals surface area (Å²) in [4.78, 5) is 8.26. The smallest absolute Gasteiger partial charge is 0.107 e. The largest absolute Gasteiger partial charge is 0.297 e. The fraction of sp³-hybridized carbons (Fsp3) is 0.667. The van der Waals surface area contributed by atoms with E-state index in [-0.39, 0.29) is 0 Å². The quantitative estimate of drug-likeness (QED) is 0.804. The van der Waals surface area contributed by atoms with Crippen LogP contribution in [0.4, 0.5) is 0 Å². The van der Waals surface area contributed by atoms with Crippen LogP contribution in [0.3, 0.4) is 0 Å². The third-order valence-electron chi connectivity index (χ3n) is 2.95. The summed E-state index contributed by atoms with van der Waals surface area (Å²) in [6.07, 6.45) is 4.09. The van der Waals surface area contributed by atoms with Gasteiger partial charge in [0.2, 0.25) is 0 Å². The summed E-state index contributed by atoms with van der Waals surface area (Å²) in [5, 5.41) is 9.94. The van der Waals surface area contributed by atoms with Crippen molar-refractivity contribution in [1.82, 2.24) is 9.88 Å². The molecule has 2 heterocycles. The Morgan fingerprint density at radius 2 is 2.19 bits per heavy atom. The van der Waals surface area contributed by atoms with Crippen molar-refractivity contribution in [2.75, 3.05) is 13.1 Å². The van der Waals surface area contributed by atoms with Gasteiger partial charge in [-0.25, -0.2) is 4.98 Å². The van der Waals surface area contributed by atoms with Crippen molar-refractivity contribution < 1.29 is 0 Å². The van der Waals surface area contributed by atoms with Gasteiger partial charge in [0.05, 0.1) is 24.7 Å². The van der Waals surface area contributed by atoms with E-state index in [9.17, 15) is 0 Å². The number of hydrogen-bond donors (Lipinski definition) is 0. The molecule has 1 aliphatic rings. The maximum absolute atomic E-state index is 8.75. The molecular formula is C12H17N3S. The molecular weight excluding hydrogens is 218 g/mol. The van der Waals surface area contributed by atoms with Crippen molar-refractivity contribution in [3.63, 3.8) is 0 Å². The molecule has 3 nitrogen and oxygen atoms in total. The molecule has 0 aromatic carbocycles. The van der Waals surface area contributed by atoms with E-state index in [1.807, 2.05) is 0 Å². The van der Waals surface area contributed by atoms with Gasteiger partial charge in [-0.3, -0.25) is 4.90 Å². The van der Waals surface area contributed by atoms with E-state index < -0.39 is 0 Å². The van der Waals surface area contributed by atoms with Gasteiger partial charge in [-0.1, -0.05) is 6.92 Å². The first kappa shape index (κ1) is 11.6. The monoisotopic (exact) mass is 235 g/mol. The lowest BCUT2D eigenvalue weighted by molar-refractivity contribution is 0.330. The van der Waals surface area contributed by atoms with Crippen molar-refractivity contribution in [3.05, 3.63) is 15.6 Å². The molecule has 4 heteroatoms. The van der Waals surface area contributed by atoms with Crippen LogP contribution < -0.4 is 0 Å². The predicted octanol–water partition coefficient (Wildman–Crippen LogP) is 2.37. The van der Waals surface area contributed by atoms with Crippen LogP contribution in [0.5, 0.6) is 0 Å². The molecule has 16 heavy (non-hydrogen) atoms. The van der Waals surface area contributed by atoms with Gasteiger partial charge in [0, 0.05) is 4.88 Å². The summed E-state index contributed by atoms with van der Waals surface area (Å²) in [7, 11) is 0. The second-order valence-electron chi connectivity index (χ2n) is 4.15. The lowest BCUT2D eigenvalue weighted by Gasteiger charge is -2.11. The molecule has 0 N–H and O–H groups in total. The highest BCUT2D eigenvalue weighted by Crippen LogP contribution is 2.22. The van der Waals surface area contributed by atoms with Gasteiger partial charge in [0.1, 0.15) is 5.01 Å². The lowest BCUT2D eigenvalue weighted by atomic mass is 10.2. The van der Waals surface area contributed by atoms with Gasteiger partial charge in [-0.2, -0.15) is 5.26 Å². The molecule has 86 valence electrons. The highest BCUT2D eigenvalue weighted by molar-refractivity contribution is 7.11. The molecule has 0 unspecified atom stereocenters. The lowest BCUT2D eigenvalue weighted by Crippen LogP contribution is -2.18.